The molecule has 24 heavy (non-hydrogen) atoms. The molecule has 2 aromatic heterocycles. The second kappa shape index (κ2) is 8.26. The zero-order valence-electron chi connectivity index (χ0n) is 14.0. The summed E-state index contributed by atoms with van der Waals surface area (Å²) in [6.07, 6.45) is 5.69. The summed E-state index contributed by atoms with van der Waals surface area (Å²) in [5.74, 6) is -0.419. The average molecular weight is 331 g/mol. The van der Waals surface area contributed by atoms with Crippen LogP contribution in [-0.4, -0.2) is 60.3 Å². The standard InChI is InChI=1S/C17H21N3O4/c1-20(2)7-4-8-24-15-11-18-6-5-13(15)12-9-14(17(21)22)16(23-3)19-10-12/h5-6,9-11H,4,7-8H2,1-3H3,(H,21,22). The van der Waals surface area contributed by atoms with Crippen molar-refractivity contribution in [1.29, 1.82) is 0 Å². The normalized spacial score (nSPS) is 10.7. The monoisotopic (exact) mass is 331 g/mol. The maximum absolute atomic E-state index is 11.4. The van der Waals surface area contributed by atoms with Gasteiger partial charge in [0.2, 0.25) is 5.88 Å². The van der Waals surface area contributed by atoms with E-state index in [1.54, 1.807) is 24.7 Å². The number of carbonyl (C=O) groups is 1. The molecule has 7 heteroatoms. The molecule has 0 unspecified atom stereocenters. The molecule has 0 fully saturated rings. The van der Waals surface area contributed by atoms with E-state index in [4.69, 9.17) is 9.47 Å². The summed E-state index contributed by atoms with van der Waals surface area (Å²) >= 11 is 0. The van der Waals surface area contributed by atoms with Crippen LogP contribution >= 0.6 is 0 Å². The molecule has 0 saturated heterocycles. The Balaban J connectivity index is 2.26. The summed E-state index contributed by atoms with van der Waals surface area (Å²) in [6, 6.07) is 3.30. The van der Waals surface area contributed by atoms with E-state index in [0.29, 0.717) is 17.9 Å². The quantitative estimate of drug-likeness (QED) is 0.742. The van der Waals surface area contributed by atoms with Gasteiger partial charge in [0.15, 0.2) is 0 Å². The van der Waals surface area contributed by atoms with E-state index in [1.807, 2.05) is 14.1 Å². The Kier molecular flexibility index (Phi) is 6.08. The van der Waals surface area contributed by atoms with Crippen LogP contribution in [0.1, 0.15) is 16.8 Å². The Labute approximate surface area is 140 Å². The van der Waals surface area contributed by atoms with Crippen LogP contribution in [0.4, 0.5) is 0 Å². The lowest BCUT2D eigenvalue weighted by Crippen LogP contribution is -2.15. The van der Waals surface area contributed by atoms with Gasteiger partial charge in [0.25, 0.3) is 0 Å². The maximum atomic E-state index is 11.4. The van der Waals surface area contributed by atoms with Crippen LogP contribution in [0.15, 0.2) is 30.7 Å². The first-order chi connectivity index (χ1) is 11.5. The van der Waals surface area contributed by atoms with Crippen molar-refractivity contribution in [2.75, 3.05) is 34.4 Å². The van der Waals surface area contributed by atoms with Gasteiger partial charge >= 0.3 is 5.97 Å². The van der Waals surface area contributed by atoms with E-state index >= 15 is 0 Å². The van der Waals surface area contributed by atoms with Gasteiger partial charge in [-0.15, -0.1) is 0 Å². The van der Waals surface area contributed by atoms with Gasteiger partial charge < -0.3 is 19.5 Å². The lowest BCUT2D eigenvalue weighted by molar-refractivity contribution is 0.0692. The van der Waals surface area contributed by atoms with Crippen molar-refractivity contribution >= 4 is 5.97 Å². The van der Waals surface area contributed by atoms with E-state index in [9.17, 15) is 9.90 Å². The predicted octanol–water partition coefficient (Wildman–Crippen LogP) is 2.18. The zero-order chi connectivity index (χ0) is 17.5. The molecule has 0 aliphatic heterocycles. The number of aromatic nitrogens is 2. The molecule has 0 atom stereocenters. The second-order valence-electron chi connectivity index (χ2n) is 5.46. The largest absolute Gasteiger partial charge is 0.491 e. The molecular weight excluding hydrogens is 310 g/mol. The molecule has 0 saturated carbocycles. The maximum Gasteiger partial charge on any atom is 0.341 e. The van der Waals surface area contributed by atoms with Crippen molar-refractivity contribution in [3.05, 3.63) is 36.3 Å². The first-order valence-electron chi connectivity index (χ1n) is 7.52. The number of carboxylic acids is 1. The first kappa shape index (κ1) is 17.7. The molecule has 7 nitrogen and oxygen atoms in total. The summed E-state index contributed by atoms with van der Waals surface area (Å²) in [5, 5.41) is 9.29. The fourth-order valence-corrected chi connectivity index (χ4v) is 2.21. The van der Waals surface area contributed by atoms with Gasteiger partial charge in [-0.3, -0.25) is 4.98 Å². The number of carboxylic acid groups (broad SMARTS) is 1. The minimum atomic E-state index is -1.09. The fraction of sp³-hybridized carbons (Fsp3) is 0.353. The average Bonchev–Trinajstić information content (AvgIpc) is 2.58. The number of nitrogens with zero attached hydrogens (tertiary/aromatic N) is 3. The highest BCUT2D eigenvalue weighted by Gasteiger charge is 2.16. The van der Waals surface area contributed by atoms with Crippen molar-refractivity contribution < 1.29 is 19.4 Å². The molecular formula is C17H21N3O4. The highest BCUT2D eigenvalue weighted by atomic mass is 16.5. The Morgan fingerprint density at radius 2 is 2.12 bits per heavy atom. The molecule has 2 aromatic rings. The Hall–Kier alpha value is -2.67. The molecule has 0 aliphatic rings. The van der Waals surface area contributed by atoms with Gasteiger partial charge in [0.1, 0.15) is 11.3 Å². The number of aromatic carboxylic acids is 1. The van der Waals surface area contributed by atoms with Crippen molar-refractivity contribution in [2.24, 2.45) is 0 Å². The van der Waals surface area contributed by atoms with Crippen LogP contribution in [0, 0.1) is 0 Å². The van der Waals surface area contributed by atoms with Crippen LogP contribution in [0.2, 0.25) is 0 Å². The van der Waals surface area contributed by atoms with Gasteiger partial charge in [-0.2, -0.15) is 0 Å². The van der Waals surface area contributed by atoms with Crippen molar-refractivity contribution in [2.45, 2.75) is 6.42 Å². The molecule has 0 bridgehead atoms. The minimum absolute atomic E-state index is 0.00497. The van der Waals surface area contributed by atoms with E-state index in [1.165, 1.54) is 13.2 Å². The number of methoxy groups -OCH3 is 1. The summed E-state index contributed by atoms with van der Waals surface area (Å²) in [7, 11) is 5.40. The third-order valence-corrected chi connectivity index (χ3v) is 3.38. The number of pyridine rings is 2. The van der Waals surface area contributed by atoms with Gasteiger partial charge in [-0.25, -0.2) is 9.78 Å². The van der Waals surface area contributed by atoms with Gasteiger partial charge in [0, 0.05) is 30.1 Å². The first-order valence-corrected chi connectivity index (χ1v) is 7.52. The SMILES string of the molecule is COc1ncc(-c2ccncc2OCCCN(C)C)cc1C(=O)O. The Morgan fingerprint density at radius 1 is 1.33 bits per heavy atom. The van der Waals surface area contributed by atoms with E-state index in [0.717, 1.165) is 18.5 Å². The Morgan fingerprint density at radius 3 is 2.79 bits per heavy atom. The highest BCUT2D eigenvalue weighted by Crippen LogP contribution is 2.31. The van der Waals surface area contributed by atoms with Crippen molar-refractivity contribution in [3.63, 3.8) is 0 Å². The minimum Gasteiger partial charge on any atom is -0.491 e. The molecule has 1 N–H and O–H groups in total. The van der Waals surface area contributed by atoms with Crippen LogP contribution < -0.4 is 9.47 Å². The molecule has 0 aromatic carbocycles. The van der Waals surface area contributed by atoms with E-state index in [2.05, 4.69) is 14.9 Å². The van der Waals surface area contributed by atoms with Crippen molar-refractivity contribution in [3.8, 4) is 22.8 Å². The number of hydrogen-bond acceptors (Lipinski definition) is 6. The third kappa shape index (κ3) is 4.42. The molecule has 2 rings (SSSR count). The summed E-state index contributed by atoms with van der Waals surface area (Å²) in [5.41, 5.74) is 1.39. The lowest BCUT2D eigenvalue weighted by Gasteiger charge is -2.13. The molecule has 128 valence electrons. The smallest absolute Gasteiger partial charge is 0.341 e. The number of hydrogen-bond donors (Lipinski definition) is 1. The lowest BCUT2D eigenvalue weighted by atomic mass is 10.1. The van der Waals surface area contributed by atoms with Gasteiger partial charge in [-0.1, -0.05) is 0 Å². The summed E-state index contributed by atoms with van der Waals surface area (Å²) in [4.78, 5) is 21.6. The Bertz CT molecular complexity index is 704. The van der Waals surface area contributed by atoms with Crippen LogP contribution in [0.5, 0.6) is 11.6 Å². The molecule has 0 spiro atoms. The van der Waals surface area contributed by atoms with Crippen molar-refractivity contribution in [1.82, 2.24) is 14.9 Å². The fourth-order valence-electron chi connectivity index (χ4n) is 2.21. The summed E-state index contributed by atoms with van der Waals surface area (Å²) in [6.45, 7) is 1.47. The highest BCUT2D eigenvalue weighted by molar-refractivity contribution is 5.92. The topological polar surface area (TPSA) is 84.8 Å². The molecule has 2 heterocycles. The molecule has 0 radical (unpaired) electrons. The van der Waals surface area contributed by atoms with E-state index in [-0.39, 0.29) is 11.4 Å². The third-order valence-electron chi connectivity index (χ3n) is 3.38. The number of rotatable bonds is 8. The summed E-state index contributed by atoms with van der Waals surface area (Å²) < 4.78 is 10.8. The van der Waals surface area contributed by atoms with Crippen LogP contribution in [0.25, 0.3) is 11.1 Å². The van der Waals surface area contributed by atoms with Gasteiger partial charge in [0.05, 0.1) is 19.9 Å². The molecule has 0 amide bonds. The van der Waals surface area contributed by atoms with Crippen LogP contribution in [-0.2, 0) is 0 Å². The second-order valence-corrected chi connectivity index (χ2v) is 5.46. The van der Waals surface area contributed by atoms with E-state index < -0.39 is 5.97 Å². The zero-order valence-corrected chi connectivity index (χ0v) is 14.0. The predicted molar refractivity (Wildman–Crippen MR) is 89.6 cm³/mol. The number of ether oxygens (including phenoxy) is 2. The molecule has 0 aliphatic carbocycles. The van der Waals surface area contributed by atoms with Gasteiger partial charge in [-0.05, 0) is 32.6 Å². The van der Waals surface area contributed by atoms with Crippen LogP contribution in [0.3, 0.4) is 0 Å².